The Morgan fingerprint density at radius 3 is 2.56 bits per heavy atom. The second-order valence-electron chi connectivity index (χ2n) is 3.13. The first-order valence-corrected chi connectivity index (χ1v) is 5.52. The molecule has 9 heteroatoms. The average molecular weight is 379 g/mol. The maximum absolute atomic E-state index is 12.6. The van der Waals surface area contributed by atoms with Crippen LogP contribution in [0.25, 0.3) is 0 Å². The van der Waals surface area contributed by atoms with Crippen LogP contribution in [0.4, 0.5) is 17.6 Å². The van der Waals surface area contributed by atoms with Crippen LogP contribution in [0.2, 0.25) is 0 Å². The van der Waals surface area contributed by atoms with Crippen LogP contribution in [0.15, 0.2) is 6.07 Å². The molecule has 1 rings (SSSR count). The van der Waals surface area contributed by atoms with Crippen LogP contribution < -0.4 is 4.74 Å². The number of pyridine rings is 1. The molecule has 1 aromatic rings. The van der Waals surface area contributed by atoms with E-state index in [1.54, 1.807) is 0 Å². The quantitative estimate of drug-likeness (QED) is 0.646. The van der Waals surface area contributed by atoms with Crippen molar-refractivity contribution in [3.8, 4) is 5.88 Å². The van der Waals surface area contributed by atoms with Crippen molar-refractivity contribution in [3.63, 3.8) is 0 Å². The zero-order chi connectivity index (χ0) is 13.9. The van der Waals surface area contributed by atoms with Gasteiger partial charge >= 0.3 is 12.3 Å². The van der Waals surface area contributed by atoms with Gasteiger partial charge in [0.15, 0.2) is 0 Å². The van der Waals surface area contributed by atoms with Crippen LogP contribution in [0.5, 0.6) is 5.88 Å². The number of carbonyl (C=O) groups is 1. The molecule has 0 unspecified atom stereocenters. The molecule has 18 heavy (non-hydrogen) atoms. The van der Waals surface area contributed by atoms with Gasteiger partial charge in [0.2, 0.25) is 5.88 Å². The predicted molar refractivity (Wildman–Crippen MR) is 59.8 cm³/mol. The van der Waals surface area contributed by atoms with E-state index in [1.807, 2.05) is 0 Å². The van der Waals surface area contributed by atoms with Gasteiger partial charge in [-0.25, -0.2) is 9.37 Å². The number of alkyl halides is 4. The van der Waals surface area contributed by atoms with Gasteiger partial charge in [-0.3, -0.25) is 4.79 Å². The van der Waals surface area contributed by atoms with Crippen LogP contribution in [-0.2, 0) is 17.9 Å². The van der Waals surface area contributed by atoms with Gasteiger partial charge < -0.3 is 9.84 Å². The molecule has 0 saturated carbocycles. The van der Waals surface area contributed by atoms with Crippen molar-refractivity contribution >= 4 is 28.6 Å². The molecule has 0 amide bonds. The highest BCUT2D eigenvalue weighted by atomic mass is 127. The zero-order valence-corrected chi connectivity index (χ0v) is 10.7. The molecule has 0 atom stereocenters. The Balaban J connectivity index is 3.16. The lowest BCUT2D eigenvalue weighted by Gasteiger charge is -2.12. The van der Waals surface area contributed by atoms with E-state index in [0.29, 0.717) is 0 Å². The third-order valence-electron chi connectivity index (χ3n) is 1.79. The molecule has 0 bridgehead atoms. The van der Waals surface area contributed by atoms with Crippen LogP contribution in [0.3, 0.4) is 0 Å². The molecule has 0 spiro atoms. The maximum Gasteiger partial charge on any atom is 0.574 e. The Bertz CT molecular complexity index is 464. The molecular weight excluding hydrogens is 373 g/mol. The third kappa shape index (κ3) is 4.27. The Hall–Kier alpha value is -1.13. The van der Waals surface area contributed by atoms with E-state index >= 15 is 0 Å². The number of halogens is 5. The lowest BCUT2D eigenvalue weighted by molar-refractivity contribution is -0.276. The minimum Gasteiger partial charge on any atom is -0.481 e. The van der Waals surface area contributed by atoms with Gasteiger partial charge in [0.1, 0.15) is 6.67 Å². The fraction of sp³-hybridized carbons (Fsp3) is 0.333. The number of ether oxygens (including phenoxy) is 1. The van der Waals surface area contributed by atoms with Crippen LogP contribution in [0.1, 0.15) is 11.3 Å². The predicted octanol–water partition coefficient (Wildman–Crippen LogP) is 2.68. The molecule has 0 aliphatic rings. The standard InChI is InChI=1S/C9H6F4INO3/c10-3-4-1-5(14)8(18-9(11,12)13)15-6(4)2-7(16)17/h1H,2-3H2,(H,16,17). The highest BCUT2D eigenvalue weighted by Crippen LogP contribution is 2.28. The second-order valence-corrected chi connectivity index (χ2v) is 4.30. The van der Waals surface area contributed by atoms with Crippen molar-refractivity contribution in [3.05, 3.63) is 20.9 Å². The summed E-state index contributed by atoms with van der Waals surface area (Å²) < 4.78 is 52.3. The molecule has 0 aromatic carbocycles. The molecule has 0 radical (unpaired) electrons. The molecule has 4 nitrogen and oxygen atoms in total. The monoisotopic (exact) mass is 379 g/mol. The van der Waals surface area contributed by atoms with Crippen molar-refractivity contribution in [2.24, 2.45) is 0 Å². The van der Waals surface area contributed by atoms with Gasteiger partial charge in [-0.1, -0.05) is 0 Å². The van der Waals surface area contributed by atoms with E-state index in [9.17, 15) is 22.4 Å². The highest BCUT2D eigenvalue weighted by Gasteiger charge is 2.33. The van der Waals surface area contributed by atoms with E-state index < -0.39 is 31.3 Å². The molecule has 1 aromatic heterocycles. The molecule has 0 saturated heterocycles. The lowest BCUT2D eigenvalue weighted by Crippen LogP contribution is -2.20. The summed E-state index contributed by atoms with van der Waals surface area (Å²) in [6.07, 6.45) is -5.62. The molecule has 0 aliphatic carbocycles. The number of carboxylic acid groups (broad SMARTS) is 1. The summed E-state index contributed by atoms with van der Waals surface area (Å²) >= 11 is 1.50. The van der Waals surface area contributed by atoms with Crippen molar-refractivity contribution < 1.29 is 32.2 Å². The Kier molecular flexibility index (Phi) is 4.71. The zero-order valence-electron chi connectivity index (χ0n) is 8.59. The minimum absolute atomic E-state index is 0.0493. The van der Waals surface area contributed by atoms with E-state index in [0.717, 1.165) is 6.07 Å². The van der Waals surface area contributed by atoms with E-state index in [-0.39, 0.29) is 14.8 Å². The number of hydrogen-bond donors (Lipinski definition) is 1. The second kappa shape index (κ2) is 5.67. The molecule has 100 valence electrons. The van der Waals surface area contributed by atoms with Gasteiger partial charge in [-0.2, -0.15) is 0 Å². The summed E-state index contributed by atoms with van der Waals surface area (Å²) in [5.74, 6) is -2.10. The smallest absolute Gasteiger partial charge is 0.481 e. The third-order valence-corrected chi connectivity index (χ3v) is 2.56. The van der Waals surface area contributed by atoms with Crippen molar-refractivity contribution in [2.45, 2.75) is 19.5 Å². The summed E-state index contributed by atoms with van der Waals surface area (Å²) in [6.45, 7) is -1.02. The van der Waals surface area contributed by atoms with E-state index in [2.05, 4.69) is 9.72 Å². The largest absolute Gasteiger partial charge is 0.574 e. The number of rotatable bonds is 4. The summed E-state index contributed by atoms with van der Waals surface area (Å²) in [5, 5.41) is 8.55. The molecule has 1 heterocycles. The lowest BCUT2D eigenvalue weighted by atomic mass is 10.1. The summed E-state index contributed by atoms with van der Waals surface area (Å²) in [6, 6.07) is 1.08. The van der Waals surface area contributed by atoms with Crippen LogP contribution >= 0.6 is 22.6 Å². The number of carboxylic acids is 1. The van der Waals surface area contributed by atoms with Gasteiger partial charge in [0, 0.05) is 5.56 Å². The number of aromatic nitrogens is 1. The average Bonchev–Trinajstić information content (AvgIpc) is 2.19. The summed E-state index contributed by atoms with van der Waals surface area (Å²) in [4.78, 5) is 13.9. The van der Waals surface area contributed by atoms with Crippen LogP contribution in [0, 0.1) is 3.57 Å². The Morgan fingerprint density at radius 2 is 2.11 bits per heavy atom. The summed E-state index contributed by atoms with van der Waals surface area (Å²) in [5.41, 5.74) is -0.360. The first kappa shape index (κ1) is 14.9. The fourth-order valence-electron chi connectivity index (χ4n) is 1.14. The molecule has 0 aliphatic heterocycles. The number of aliphatic carboxylic acids is 1. The molecular formula is C9H6F4INO3. The number of nitrogens with zero attached hydrogens (tertiary/aromatic N) is 1. The van der Waals surface area contributed by atoms with Crippen LogP contribution in [-0.4, -0.2) is 22.4 Å². The van der Waals surface area contributed by atoms with E-state index in [4.69, 9.17) is 5.11 Å². The first-order valence-electron chi connectivity index (χ1n) is 4.44. The van der Waals surface area contributed by atoms with Crippen molar-refractivity contribution in [2.75, 3.05) is 0 Å². The molecule has 0 fully saturated rings. The number of hydrogen-bond acceptors (Lipinski definition) is 3. The summed E-state index contributed by atoms with van der Waals surface area (Å²) in [7, 11) is 0. The maximum atomic E-state index is 12.6. The topological polar surface area (TPSA) is 59.4 Å². The first-order chi connectivity index (χ1) is 8.23. The van der Waals surface area contributed by atoms with Gasteiger partial charge in [0.25, 0.3) is 0 Å². The Morgan fingerprint density at radius 1 is 1.50 bits per heavy atom. The van der Waals surface area contributed by atoms with Gasteiger partial charge in [0.05, 0.1) is 15.7 Å². The van der Waals surface area contributed by atoms with Gasteiger partial charge in [-0.05, 0) is 28.7 Å². The SMILES string of the molecule is O=C(O)Cc1nc(OC(F)(F)F)c(I)cc1CF. The highest BCUT2D eigenvalue weighted by molar-refractivity contribution is 14.1. The van der Waals surface area contributed by atoms with E-state index in [1.165, 1.54) is 22.6 Å². The normalized spacial score (nSPS) is 11.4. The Labute approximate surface area is 112 Å². The minimum atomic E-state index is -4.94. The van der Waals surface area contributed by atoms with Crippen molar-refractivity contribution in [1.82, 2.24) is 4.98 Å². The fourth-order valence-corrected chi connectivity index (χ4v) is 1.75. The van der Waals surface area contributed by atoms with Crippen molar-refractivity contribution in [1.29, 1.82) is 0 Å². The molecule has 1 N–H and O–H groups in total. The van der Waals surface area contributed by atoms with Gasteiger partial charge in [-0.15, -0.1) is 13.2 Å².